The molecule has 1 saturated heterocycles. The van der Waals surface area contributed by atoms with E-state index in [1.165, 1.54) is 5.56 Å². The van der Waals surface area contributed by atoms with Crippen LogP contribution in [-0.2, 0) is 0 Å². The largest absolute Gasteiger partial charge is 0.357 e. The van der Waals surface area contributed by atoms with Crippen LogP contribution in [0.15, 0.2) is 48.7 Å². The molecular weight excluding hydrogens is 238 g/mol. The number of nitrogens with one attached hydrogen (secondary N) is 2. The molecule has 1 aliphatic rings. The topological polar surface area (TPSA) is 48.1 Å². The zero-order valence-corrected chi connectivity index (χ0v) is 10.7. The average Bonchev–Trinajstić information content (AvgIpc) is 3.02. The van der Waals surface area contributed by atoms with Gasteiger partial charge in [-0.05, 0) is 17.7 Å². The van der Waals surface area contributed by atoms with E-state index in [0.717, 1.165) is 13.1 Å². The van der Waals surface area contributed by atoms with Gasteiger partial charge in [-0.15, -0.1) is 0 Å². The number of hydrogen-bond donors (Lipinski definition) is 2. The average molecular weight is 255 g/mol. The third kappa shape index (κ3) is 2.53. The van der Waals surface area contributed by atoms with E-state index in [4.69, 9.17) is 0 Å². The number of benzene rings is 1. The quantitative estimate of drug-likeness (QED) is 0.859. The van der Waals surface area contributed by atoms with Crippen molar-refractivity contribution in [3.8, 4) is 0 Å². The zero-order chi connectivity index (χ0) is 13.1. The number of carbonyl (C=O) groups is 1. The molecule has 1 aromatic heterocycles. The number of hydrogen-bond acceptors (Lipinski definition) is 2. The Labute approximate surface area is 112 Å². The van der Waals surface area contributed by atoms with Gasteiger partial charge in [0.1, 0.15) is 5.69 Å². The van der Waals surface area contributed by atoms with Crippen molar-refractivity contribution in [2.75, 3.05) is 19.6 Å². The summed E-state index contributed by atoms with van der Waals surface area (Å²) in [6, 6.07) is 14.2. The number of rotatable bonds is 2. The van der Waals surface area contributed by atoms with Gasteiger partial charge in [-0.2, -0.15) is 0 Å². The first-order valence-electron chi connectivity index (χ1n) is 6.55. The highest BCUT2D eigenvalue weighted by molar-refractivity contribution is 5.92. The van der Waals surface area contributed by atoms with Crippen LogP contribution in [-0.4, -0.2) is 35.4 Å². The van der Waals surface area contributed by atoms with Gasteiger partial charge in [-0.1, -0.05) is 30.3 Å². The van der Waals surface area contributed by atoms with Gasteiger partial charge in [0.25, 0.3) is 5.91 Å². The summed E-state index contributed by atoms with van der Waals surface area (Å²) in [7, 11) is 0. The summed E-state index contributed by atoms with van der Waals surface area (Å²) < 4.78 is 0. The van der Waals surface area contributed by atoms with Crippen LogP contribution < -0.4 is 5.32 Å². The molecule has 1 atom stereocenters. The Balaban J connectivity index is 1.73. The lowest BCUT2D eigenvalue weighted by Gasteiger charge is -2.33. The molecule has 1 aliphatic heterocycles. The van der Waals surface area contributed by atoms with Crippen molar-refractivity contribution < 1.29 is 4.79 Å². The van der Waals surface area contributed by atoms with Gasteiger partial charge in [0, 0.05) is 31.9 Å². The highest BCUT2D eigenvalue weighted by Gasteiger charge is 2.25. The van der Waals surface area contributed by atoms with Crippen LogP contribution in [0.1, 0.15) is 22.1 Å². The second kappa shape index (κ2) is 5.28. The molecule has 19 heavy (non-hydrogen) atoms. The first-order chi connectivity index (χ1) is 9.34. The predicted molar refractivity (Wildman–Crippen MR) is 73.9 cm³/mol. The van der Waals surface area contributed by atoms with E-state index < -0.39 is 0 Å². The third-order valence-electron chi connectivity index (χ3n) is 3.49. The van der Waals surface area contributed by atoms with Crippen LogP contribution in [0.25, 0.3) is 0 Å². The summed E-state index contributed by atoms with van der Waals surface area (Å²) in [5.74, 6) is 0.0763. The van der Waals surface area contributed by atoms with E-state index in [9.17, 15) is 4.79 Å². The van der Waals surface area contributed by atoms with Crippen molar-refractivity contribution in [2.24, 2.45) is 0 Å². The van der Waals surface area contributed by atoms with Crippen LogP contribution in [0.4, 0.5) is 0 Å². The maximum Gasteiger partial charge on any atom is 0.270 e. The fraction of sp³-hybridized carbons (Fsp3) is 0.267. The van der Waals surface area contributed by atoms with Crippen LogP contribution in [0, 0.1) is 0 Å². The van der Waals surface area contributed by atoms with Gasteiger partial charge in [-0.3, -0.25) is 4.79 Å². The lowest BCUT2D eigenvalue weighted by atomic mass is 10.0. The Morgan fingerprint density at radius 2 is 2.00 bits per heavy atom. The maximum absolute atomic E-state index is 12.3. The smallest absolute Gasteiger partial charge is 0.270 e. The fourth-order valence-electron chi connectivity index (χ4n) is 2.48. The highest BCUT2D eigenvalue weighted by Crippen LogP contribution is 2.18. The third-order valence-corrected chi connectivity index (χ3v) is 3.49. The van der Waals surface area contributed by atoms with E-state index in [2.05, 4.69) is 22.4 Å². The van der Waals surface area contributed by atoms with E-state index in [1.807, 2.05) is 35.2 Å². The van der Waals surface area contributed by atoms with Crippen molar-refractivity contribution >= 4 is 5.91 Å². The lowest BCUT2D eigenvalue weighted by molar-refractivity contribution is 0.0697. The van der Waals surface area contributed by atoms with Crippen molar-refractivity contribution in [2.45, 2.75) is 6.04 Å². The minimum atomic E-state index is 0.0763. The maximum atomic E-state index is 12.3. The molecule has 2 N–H and O–H groups in total. The molecule has 3 rings (SSSR count). The minimum Gasteiger partial charge on any atom is -0.357 e. The van der Waals surface area contributed by atoms with Gasteiger partial charge in [0.05, 0.1) is 0 Å². The molecule has 4 heteroatoms. The van der Waals surface area contributed by atoms with Gasteiger partial charge in [0.2, 0.25) is 0 Å². The number of H-pyrrole nitrogens is 1. The van der Waals surface area contributed by atoms with Crippen molar-refractivity contribution in [3.63, 3.8) is 0 Å². The molecule has 0 saturated carbocycles. The van der Waals surface area contributed by atoms with Crippen LogP contribution >= 0.6 is 0 Å². The van der Waals surface area contributed by atoms with Gasteiger partial charge in [-0.25, -0.2) is 0 Å². The first-order valence-corrected chi connectivity index (χ1v) is 6.55. The number of carbonyl (C=O) groups excluding carboxylic acids is 1. The summed E-state index contributed by atoms with van der Waals surface area (Å²) in [4.78, 5) is 17.2. The van der Waals surface area contributed by atoms with Crippen LogP contribution in [0.2, 0.25) is 0 Å². The number of nitrogens with zero attached hydrogens (tertiary/aromatic N) is 1. The van der Waals surface area contributed by atoms with Gasteiger partial charge < -0.3 is 15.2 Å². The molecule has 98 valence electrons. The molecule has 0 bridgehead atoms. The monoisotopic (exact) mass is 255 g/mol. The Morgan fingerprint density at radius 1 is 1.16 bits per heavy atom. The number of amides is 1. The summed E-state index contributed by atoms with van der Waals surface area (Å²) >= 11 is 0. The molecule has 1 fully saturated rings. The molecule has 1 unspecified atom stereocenters. The minimum absolute atomic E-state index is 0.0763. The number of aromatic amines is 1. The Kier molecular flexibility index (Phi) is 3.33. The molecular formula is C15H17N3O. The second-order valence-electron chi connectivity index (χ2n) is 4.75. The Bertz CT molecular complexity index is 536. The fourth-order valence-corrected chi connectivity index (χ4v) is 2.48. The lowest BCUT2D eigenvalue weighted by Crippen LogP contribution is -2.48. The van der Waals surface area contributed by atoms with Crippen LogP contribution in [0.5, 0.6) is 0 Å². The normalized spacial score (nSPS) is 19.4. The first kappa shape index (κ1) is 12.0. The molecule has 1 amide bonds. The highest BCUT2D eigenvalue weighted by atomic mass is 16.2. The van der Waals surface area contributed by atoms with Crippen molar-refractivity contribution in [1.82, 2.24) is 15.2 Å². The number of piperazine rings is 1. The molecule has 4 nitrogen and oxygen atoms in total. The van der Waals surface area contributed by atoms with E-state index in [1.54, 1.807) is 6.20 Å². The van der Waals surface area contributed by atoms with Gasteiger partial charge in [0.15, 0.2) is 0 Å². The van der Waals surface area contributed by atoms with E-state index in [-0.39, 0.29) is 11.9 Å². The summed E-state index contributed by atoms with van der Waals surface area (Å²) in [5.41, 5.74) is 1.89. The van der Waals surface area contributed by atoms with Crippen molar-refractivity contribution in [3.05, 3.63) is 59.9 Å². The molecule has 0 aliphatic carbocycles. The summed E-state index contributed by atoms with van der Waals surface area (Å²) in [5, 5.41) is 3.46. The van der Waals surface area contributed by atoms with Crippen molar-refractivity contribution in [1.29, 1.82) is 0 Å². The SMILES string of the molecule is O=C(c1ccc[nH]1)N1CCNC(c2ccccc2)C1. The molecule has 1 aromatic carbocycles. The Morgan fingerprint density at radius 3 is 2.74 bits per heavy atom. The standard InChI is InChI=1S/C15H17N3O/c19-15(13-7-4-8-16-13)18-10-9-17-14(11-18)12-5-2-1-3-6-12/h1-8,14,16-17H,9-11H2. The van der Waals surface area contributed by atoms with Crippen LogP contribution in [0.3, 0.4) is 0 Å². The molecule has 2 aromatic rings. The Hall–Kier alpha value is -2.07. The number of aromatic nitrogens is 1. The zero-order valence-electron chi connectivity index (χ0n) is 10.7. The molecule has 0 spiro atoms. The van der Waals surface area contributed by atoms with E-state index >= 15 is 0 Å². The molecule has 0 radical (unpaired) electrons. The van der Waals surface area contributed by atoms with E-state index in [0.29, 0.717) is 12.2 Å². The predicted octanol–water partition coefficient (Wildman–Crippen LogP) is 1.80. The van der Waals surface area contributed by atoms with Gasteiger partial charge >= 0.3 is 0 Å². The second-order valence-corrected chi connectivity index (χ2v) is 4.75. The summed E-state index contributed by atoms with van der Waals surface area (Å²) in [6.45, 7) is 2.29. The summed E-state index contributed by atoms with van der Waals surface area (Å²) in [6.07, 6.45) is 1.78. The molecule has 2 heterocycles.